The van der Waals surface area contributed by atoms with Crippen LogP contribution in [0, 0.1) is 0 Å². The van der Waals surface area contributed by atoms with Gasteiger partial charge in [-0.05, 0) is 31.7 Å². The fraction of sp³-hybridized carbons (Fsp3) is 0.538. The summed E-state index contributed by atoms with van der Waals surface area (Å²) >= 11 is 5.97. The molecule has 0 atom stereocenters. The molecule has 1 aliphatic rings. The third-order valence-corrected chi connectivity index (χ3v) is 3.73. The molecule has 1 fully saturated rings. The first-order valence-electron chi connectivity index (χ1n) is 6.46. The molecule has 0 bridgehead atoms. The van der Waals surface area contributed by atoms with Crippen LogP contribution in [0.1, 0.15) is 36.0 Å². The van der Waals surface area contributed by atoms with Crippen molar-refractivity contribution in [3.05, 3.63) is 23.0 Å². The standard InChI is InChI=1S/C13H18ClN3O2/c14-12-11(7-9(15)8-16-12)13(19)17(5-2-6-18)10-3-1-4-10/h7-8,10,18H,1-6,15H2. The first kappa shape index (κ1) is 14.1. The van der Waals surface area contributed by atoms with E-state index in [9.17, 15) is 4.79 Å². The molecular weight excluding hydrogens is 266 g/mol. The number of aliphatic hydroxyl groups excluding tert-OH is 1. The molecule has 6 heteroatoms. The molecule has 1 aromatic rings. The second-order valence-corrected chi connectivity index (χ2v) is 5.13. The normalized spacial score (nSPS) is 15.1. The molecule has 104 valence electrons. The van der Waals surface area contributed by atoms with Gasteiger partial charge in [0.25, 0.3) is 5.91 Å². The van der Waals surface area contributed by atoms with Crippen molar-refractivity contribution >= 4 is 23.2 Å². The van der Waals surface area contributed by atoms with Crippen LogP contribution in [-0.2, 0) is 0 Å². The molecule has 1 aromatic heterocycles. The lowest BCUT2D eigenvalue weighted by Gasteiger charge is -2.37. The number of aliphatic hydroxyl groups is 1. The molecule has 0 spiro atoms. The first-order valence-corrected chi connectivity index (χ1v) is 6.84. The van der Waals surface area contributed by atoms with E-state index in [1.54, 1.807) is 11.0 Å². The summed E-state index contributed by atoms with van der Waals surface area (Å²) in [4.78, 5) is 18.2. The number of halogens is 1. The molecule has 1 heterocycles. The van der Waals surface area contributed by atoms with E-state index in [1.165, 1.54) is 6.20 Å². The maximum absolute atomic E-state index is 12.5. The Bertz CT molecular complexity index is 463. The van der Waals surface area contributed by atoms with Gasteiger partial charge < -0.3 is 15.7 Å². The number of carbonyl (C=O) groups is 1. The number of hydrogen-bond acceptors (Lipinski definition) is 4. The van der Waals surface area contributed by atoms with Gasteiger partial charge in [0, 0.05) is 19.2 Å². The van der Waals surface area contributed by atoms with E-state index in [0.717, 1.165) is 19.3 Å². The van der Waals surface area contributed by atoms with Crippen LogP contribution in [0.3, 0.4) is 0 Å². The van der Waals surface area contributed by atoms with Gasteiger partial charge >= 0.3 is 0 Å². The van der Waals surface area contributed by atoms with E-state index in [4.69, 9.17) is 22.4 Å². The molecule has 0 unspecified atom stereocenters. The van der Waals surface area contributed by atoms with Gasteiger partial charge in [0.1, 0.15) is 5.15 Å². The molecule has 1 amide bonds. The van der Waals surface area contributed by atoms with Crippen LogP contribution in [0.2, 0.25) is 5.15 Å². The average Bonchev–Trinajstić information content (AvgIpc) is 2.34. The van der Waals surface area contributed by atoms with Gasteiger partial charge in [-0.3, -0.25) is 4.79 Å². The Morgan fingerprint density at radius 3 is 2.89 bits per heavy atom. The molecule has 5 nitrogen and oxygen atoms in total. The van der Waals surface area contributed by atoms with E-state index >= 15 is 0 Å². The first-order chi connectivity index (χ1) is 9.13. The Hall–Kier alpha value is -1.33. The lowest BCUT2D eigenvalue weighted by Crippen LogP contribution is -2.45. The van der Waals surface area contributed by atoms with Crippen LogP contribution < -0.4 is 5.73 Å². The Balaban J connectivity index is 2.19. The second kappa shape index (κ2) is 6.21. The minimum absolute atomic E-state index is 0.0689. The van der Waals surface area contributed by atoms with Gasteiger partial charge in [-0.1, -0.05) is 11.6 Å². The maximum Gasteiger partial charge on any atom is 0.257 e. The van der Waals surface area contributed by atoms with Crippen LogP contribution in [0.5, 0.6) is 0 Å². The van der Waals surface area contributed by atoms with Crippen LogP contribution in [0.4, 0.5) is 5.69 Å². The van der Waals surface area contributed by atoms with Crippen molar-refractivity contribution in [3.63, 3.8) is 0 Å². The molecule has 0 aromatic carbocycles. The van der Waals surface area contributed by atoms with E-state index in [1.807, 2.05) is 0 Å². The molecule has 0 aliphatic heterocycles. The summed E-state index contributed by atoms with van der Waals surface area (Å²) in [6.45, 7) is 0.602. The lowest BCUT2D eigenvalue weighted by molar-refractivity contribution is 0.0562. The summed E-state index contributed by atoms with van der Waals surface area (Å²) < 4.78 is 0. The zero-order valence-electron chi connectivity index (χ0n) is 10.7. The largest absolute Gasteiger partial charge is 0.397 e. The molecule has 19 heavy (non-hydrogen) atoms. The summed E-state index contributed by atoms with van der Waals surface area (Å²) in [5.41, 5.74) is 6.42. The predicted octanol–water partition coefficient (Wildman–Crippen LogP) is 1.69. The van der Waals surface area contributed by atoms with Crippen molar-refractivity contribution in [1.82, 2.24) is 9.88 Å². The Kier molecular flexibility index (Phi) is 4.61. The van der Waals surface area contributed by atoms with Crippen molar-refractivity contribution in [2.45, 2.75) is 31.7 Å². The van der Waals surface area contributed by atoms with Crippen LogP contribution in [0.15, 0.2) is 12.3 Å². The number of hydrogen-bond donors (Lipinski definition) is 2. The number of pyridine rings is 1. The van der Waals surface area contributed by atoms with Gasteiger partial charge in [-0.2, -0.15) is 0 Å². The SMILES string of the molecule is Nc1cnc(Cl)c(C(=O)N(CCCO)C2CCC2)c1. The zero-order valence-corrected chi connectivity index (χ0v) is 11.4. The molecule has 2 rings (SSSR count). The molecule has 3 N–H and O–H groups in total. The van der Waals surface area contributed by atoms with Crippen molar-refractivity contribution in [2.75, 3.05) is 18.9 Å². The number of rotatable bonds is 5. The Morgan fingerprint density at radius 2 is 2.32 bits per heavy atom. The monoisotopic (exact) mass is 283 g/mol. The number of nitrogens with two attached hydrogens (primary N) is 1. The van der Waals surface area contributed by atoms with Gasteiger partial charge in [0.2, 0.25) is 0 Å². The molecule has 0 radical (unpaired) electrons. The van der Waals surface area contributed by atoms with Gasteiger partial charge in [-0.25, -0.2) is 4.98 Å². The molecular formula is C13H18ClN3O2. The summed E-state index contributed by atoms with van der Waals surface area (Å²) in [5.74, 6) is -0.150. The number of aromatic nitrogens is 1. The zero-order chi connectivity index (χ0) is 13.8. The summed E-state index contributed by atoms with van der Waals surface area (Å²) in [6, 6.07) is 1.80. The number of anilines is 1. The maximum atomic E-state index is 12.5. The van der Waals surface area contributed by atoms with Crippen LogP contribution >= 0.6 is 11.6 Å². The number of carbonyl (C=O) groups excluding carboxylic acids is 1. The third kappa shape index (κ3) is 3.16. The number of nitrogens with zero attached hydrogens (tertiary/aromatic N) is 2. The van der Waals surface area contributed by atoms with Crippen molar-refractivity contribution < 1.29 is 9.90 Å². The van der Waals surface area contributed by atoms with Crippen molar-refractivity contribution in [2.24, 2.45) is 0 Å². The van der Waals surface area contributed by atoms with E-state index < -0.39 is 0 Å². The van der Waals surface area contributed by atoms with Gasteiger partial charge in [0.05, 0.1) is 17.4 Å². The van der Waals surface area contributed by atoms with Crippen molar-refractivity contribution in [3.8, 4) is 0 Å². The quantitative estimate of drug-likeness (QED) is 0.806. The fourth-order valence-corrected chi connectivity index (χ4v) is 2.34. The third-order valence-electron chi connectivity index (χ3n) is 3.42. The highest BCUT2D eigenvalue weighted by Crippen LogP contribution is 2.28. The van der Waals surface area contributed by atoms with Crippen LogP contribution in [0.25, 0.3) is 0 Å². The highest BCUT2D eigenvalue weighted by Gasteiger charge is 2.30. The van der Waals surface area contributed by atoms with Crippen LogP contribution in [-0.4, -0.2) is 40.1 Å². The lowest BCUT2D eigenvalue weighted by atomic mass is 9.91. The minimum Gasteiger partial charge on any atom is -0.397 e. The second-order valence-electron chi connectivity index (χ2n) is 4.77. The van der Waals surface area contributed by atoms with Gasteiger partial charge in [-0.15, -0.1) is 0 Å². The fourth-order valence-electron chi connectivity index (χ4n) is 2.16. The Labute approximate surface area is 117 Å². The average molecular weight is 284 g/mol. The molecule has 1 aliphatic carbocycles. The summed E-state index contributed by atoms with van der Waals surface area (Å²) in [5, 5.41) is 9.12. The highest BCUT2D eigenvalue weighted by molar-refractivity contribution is 6.32. The molecule has 0 saturated heterocycles. The summed E-state index contributed by atoms with van der Waals surface area (Å²) in [6.07, 6.45) is 5.14. The summed E-state index contributed by atoms with van der Waals surface area (Å²) in [7, 11) is 0. The Morgan fingerprint density at radius 1 is 1.58 bits per heavy atom. The van der Waals surface area contributed by atoms with E-state index in [0.29, 0.717) is 24.2 Å². The van der Waals surface area contributed by atoms with E-state index in [2.05, 4.69) is 4.98 Å². The molecule has 1 saturated carbocycles. The minimum atomic E-state index is -0.150. The predicted molar refractivity (Wildman–Crippen MR) is 74.0 cm³/mol. The number of nitrogen functional groups attached to an aromatic ring is 1. The van der Waals surface area contributed by atoms with Crippen molar-refractivity contribution in [1.29, 1.82) is 0 Å². The topological polar surface area (TPSA) is 79.5 Å². The number of amides is 1. The van der Waals surface area contributed by atoms with Gasteiger partial charge in [0.15, 0.2) is 0 Å². The van der Waals surface area contributed by atoms with E-state index in [-0.39, 0.29) is 23.7 Å². The highest BCUT2D eigenvalue weighted by atomic mass is 35.5. The smallest absolute Gasteiger partial charge is 0.257 e.